The van der Waals surface area contributed by atoms with Gasteiger partial charge < -0.3 is 15.0 Å². The van der Waals surface area contributed by atoms with Crippen LogP contribution in [0, 0.1) is 0 Å². The third-order valence-corrected chi connectivity index (χ3v) is 6.47. The van der Waals surface area contributed by atoms with Crippen LogP contribution in [0.2, 0.25) is 0 Å². The molecule has 3 heterocycles. The van der Waals surface area contributed by atoms with Gasteiger partial charge in [0, 0.05) is 37.5 Å². The van der Waals surface area contributed by atoms with Gasteiger partial charge in [0.25, 0.3) is 0 Å². The van der Waals surface area contributed by atoms with E-state index < -0.39 is 0 Å². The lowest BCUT2D eigenvalue weighted by molar-refractivity contribution is -0.132. The first-order valence-corrected chi connectivity index (χ1v) is 11.1. The van der Waals surface area contributed by atoms with E-state index in [1.54, 1.807) is 22.4 Å². The Labute approximate surface area is 184 Å². The van der Waals surface area contributed by atoms with Crippen LogP contribution in [0.15, 0.2) is 66.9 Å². The summed E-state index contributed by atoms with van der Waals surface area (Å²) in [5, 5.41) is 4.21. The van der Waals surface area contributed by atoms with Crippen molar-refractivity contribution in [1.82, 2.24) is 14.9 Å². The SMILES string of the molecule is CN1CC[C@@H](c2cccnc2Oc2ccc(Nc3nc4ccccc4s3)cc2)CC1=O. The van der Waals surface area contributed by atoms with E-state index in [0.717, 1.165) is 39.6 Å². The van der Waals surface area contributed by atoms with Crippen molar-refractivity contribution in [2.24, 2.45) is 0 Å². The highest BCUT2D eigenvalue weighted by molar-refractivity contribution is 7.22. The molecule has 1 N–H and O–H groups in total. The third-order valence-electron chi connectivity index (χ3n) is 5.51. The van der Waals surface area contributed by atoms with Gasteiger partial charge in [-0.15, -0.1) is 0 Å². The fourth-order valence-corrected chi connectivity index (χ4v) is 4.66. The molecule has 7 heteroatoms. The van der Waals surface area contributed by atoms with E-state index in [0.29, 0.717) is 18.1 Å². The van der Waals surface area contributed by atoms with Gasteiger partial charge in [-0.05, 0) is 54.8 Å². The van der Waals surface area contributed by atoms with Gasteiger partial charge in [-0.1, -0.05) is 29.5 Å². The van der Waals surface area contributed by atoms with Gasteiger partial charge >= 0.3 is 0 Å². The van der Waals surface area contributed by atoms with E-state index in [2.05, 4.69) is 21.4 Å². The zero-order chi connectivity index (χ0) is 21.2. The summed E-state index contributed by atoms with van der Waals surface area (Å²) in [6, 6.07) is 19.7. The molecule has 2 aromatic heterocycles. The van der Waals surface area contributed by atoms with Gasteiger partial charge in [0.05, 0.1) is 10.2 Å². The predicted octanol–water partition coefficient (Wildman–Crippen LogP) is 5.56. The molecule has 4 aromatic rings. The Morgan fingerprint density at radius 1 is 1.10 bits per heavy atom. The van der Waals surface area contributed by atoms with E-state index in [4.69, 9.17) is 4.74 Å². The van der Waals surface area contributed by atoms with Gasteiger partial charge in [0.1, 0.15) is 5.75 Å². The molecule has 31 heavy (non-hydrogen) atoms. The Kier molecular flexibility index (Phi) is 5.26. The van der Waals surface area contributed by atoms with Gasteiger partial charge in [0.15, 0.2) is 5.13 Å². The number of carbonyl (C=O) groups excluding carboxylic acids is 1. The monoisotopic (exact) mass is 430 g/mol. The van der Waals surface area contributed by atoms with Crippen LogP contribution in [0.1, 0.15) is 24.3 Å². The van der Waals surface area contributed by atoms with E-state index in [1.807, 2.05) is 61.6 Å². The Hall–Kier alpha value is -3.45. The Bertz CT molecular complexity index is 1190. The number of fused-ring (bicyclic) bond motifs is 1. The fourth-order valence-electron chi connectivity index (χ4n) is 3.77. The van der Waals surface area contributed by atoms with E-state index >= 15 is 0 Å². The maximum Gasteiger partial charge on any atom is 0.222 e. The minimum absolute atomic E-state index is 0.132. The molecule has 2 aromatic carbocycles. The van der Waals surface area contributed by atoms with Crippen molar-refractivity contribution in [2.45, 2.75) is 18.8 Å². The molecule has 1 aliphatic heterocycles. The molecule has 0 saturated carbocycles. The predicted molar refractivity (Wildman–Crippen MR) is 123 cm³/mol. The molecule has 1 aliphatic rings. The second-order valence-corrected chi connectivity index (χ2v) is 8.67. The summed E-state index contributed by atoms with van der Waals surface area (Å²) in [6.07, 6.45) is 3.12. The second kappa shape index (κ2) is 8.35. The fraction of sp³-hybridized carbons (Fsp3) is 0.208. The number of hydrogen-bond donors (Lipinski definition) is 1. The Balaban J connectivity index is 1.30. The van der Waals surface area contributed by atoms with Crippen LogP contribution in [0.5, 0.6) is 11.6 Å². The summed E-state index contributed by atoms with van der Waals surface area (Å²) >= 11 is 1.62. The minimum atomic E-state index is 0.132. The summed E-state index contributed by atoms with van der Waals surface area (Å²) in [5.41, 5.74) is 2.92. The first kappa shape index (κ1) is 19.5. The molecule has 1 amide bonds. The van der Waals surface area contributed by atoms with Crippen molar-refractivity contribution in [3.63, 3.8) is 0 Å². The van der Waals surface area contributed by atoms with Crippen molar-refractivity contribution in [3.8, 4) is 11.6 Å². The van der Waals surface area contributed by atoms with Gasteiger partial charge in [0.2, 0.25) is 11.8 Å². The largest absolute Gasteiger partial charge is 0.439 e. The molecule has 0 spiro atoms. The standard InChI is InChI=1S/C24H22N4O2S/c1-28-14-12-16(15-22(28)29)19-5-4-13-25-23(19)30-18-10-8-17(9-11-18)26-24-27-20-6-2-3-7-21(20)31-24/h2-11,13,16H,12,14-15H2,1H3,(H,26,27)/t16-/m1/s1. The number of hydrogen-bond acceptors (Lipinski definition) is 6. The molecule has 1 atom stereocenters. The molecule has 0 bridgehead atoms. The molecule has 1 saturated heterocycles. The maximum absolute atomic E-state index is 12.1. The molecule has 6 nitrogen and oxygen atoms in total. The van der Waals surface area contributed by atoms with Crippen molar-refractivity contribution < 1.29 is 9.53 Å². The highest BCUT2D eigenvalue weighted by Gasteiger charge is 2.27. The van der Waals surface area contributed by atoms with Crippen LogP contribution in [0.25, 0.3) is 10.2 Å². The van der Waals surface area contributed by atoms with Crippen molar-refractivity contribution in [1.29, 1.82) is 0 Å². The number of ether oxygens (including phenoxy) is 1. The lowest BCUT2D eigenvalue weighted by atomic mass is 9.90. The highest BCUT2D eigenvalue weighted by atomic mass is 32.1. The normalized spacial score (nSPS) is 16.5. The number of amides is 1. The van der Waals surface area contributed by atoms with Crippen molar-refractivity contribution in [2.75, 3.05) is 18.9 Å². The first-order valence-electron chi connectivity index (χ1n) is 10.2. The van der Waals surface area contributed by atoms with E-state index in [1.165, 1.54) is 0 Å². The third kappa shape index (κ3) is 4.22. The van der Waals surface area contributed by atoms with E-state index in [9.17, 15) is 4.79 Å². The summed E-state index contributed by atoms with van der Waals surface area (Å²) in [6.45, 7) is 0.754. The number of benzene rings is 2. The van der Waals surface area contributed by atoms with Crippen LogP contribution >= 0.6 is 11.3 Å². The average molecular weight is 431 g/mol. The average Bonchev–Trinajstić information content (AvgIpc) is 3.20. The first-order chi connectivity index (χ1) is 15.2. The highest BCUT2D eigenvalue weighted by Crippen LogP contribution is 2.35. The Morgan fingerprint density at radius 2 is 1.94 bits per heavy atom. The number of nitrogens with one attached hydrogen (secondary N) is 1. The number of para-hydroxylation sites is 1. The molecule has 0 unspecified atom stereocenters. The summed E-state index contributed by atoms with van der Waals surface area (Å²) in [5.74, 6) is 1.56. The number of aromatic nitrogens is 2. The number of carbonyl (C=O) groups is 1. The molecule has 0 radical (unpaired) electrons. The number of pyridine rings is 1. The van der Waals surface area contributed by atoms with Crippen molar-refractivity contribution >= 4 is 38.3 Å². The summed E-state index contributed by atoms with van der Waals surface area (Å²) in [7, 11) is 1.85. The number of likely N-dealkylation sites (tertiary alicyclic amines) is 1. The molecular weight excluding hydrogens is 408 g/mol. The number of nitrogens with zero attached hydrogens (tertiary/aromatic N) is 3. The molecule has 1 fully saturated rings. The van der Waals surface area contributed by atoms with Crippen LogP contribution in [0.4, 0.5) is 10.8 Å². The van der Waals surface area contributed by atoms with Crippen LogP contribution < -0.4 is 10.1 Å². The lowest BCUT2D eigenvalue weighted by Crippen LogP contribution is -2.34. The topological polar surface area (TPSA) is 67.3 Å². The quantitative estimate of drug-likeness (QED) is 0.449. The molecule has 0 aliphatic carbocycles. The smallest absolute Gasteiger partial charge is 0.222 e. The van der Waals surface area contributed by atoms with Gasteiger partial charge in [-0.3, -0.25) is 4.79 Å². The number of rotatable bonds is 5. The Morgan fingerprint density at radius 3 is 2.74 bits per heavy atom. The van der Waals surface area contributed by atoms with Gasteiger partial charge in [-0.25, -0.2) is 9.97 Å². The molecule has 156 valence electrons. The van der Waals surface area contributed by atoms with Crippen LogP contribution in [-0.2, 0) is 4.79 Å². The number of thiazole rings is 1. The number of anilines is 2. The molecule has 5 rings (SSSR count). The lowest BCUT2D eigenvalue weighted by Gasteiger charge is -2.29. The van der Waals surface area contributed by atoms with Gasteiger partial charge in [-0.2, -0.15) is 0 Å². The van der Waals surface area contributed by atoms with Crippen molar-refractivity contribution in [3.05, 3.63) is 72.4 Å². The minimum Gasteiger partial charge on any atom is -0.439 e. The van der Waals surface area contributed by atoms with E-state index in [-0.39, 0.29) is 11.8 Å². The second-order valence-electron chi connectivity index (χ2n) is 7.64. The zero-order valence-electron chi connectivity index (χ0n) is 17.1. The maximum atomic E-state index is 12.1. The number of piperidine rings is 1. The van der Waals surface area contributed by atoms with Crippen LogP contribution in [0.3, 0.4) is 0 Å². The van der Waals surface area contributed by atoms with Crippen LogP contribution in [-0.4, -0.2) is 34.4 Å². The zero-order valence-corrected chi connectivity index (χ0v) is 17.9. The summed E-state index contributed by atoms with van der Waals surface area (Å²) in [4.78, 5) is 23.0. The summed E-state index contributed by atoms with van der Waals surface area (Å²) < 4.78 is 7.25. The molecular formula is C24H22N4O2S.